The van der Waals surface area contributed by atoms with Crippen LogP contribution in [0.15, 0.2) is 0 Å². The second-order valence-corrected chi connectivity index (χ2v) is 9.51. The van der Waals surface area contributed by atoms with Gasteiger partial charge in [-0.15, -0.1) is 0 Å². The van der Waals surface area contributed by atoms with E-state index in [9.17, 15) is 50.1 Å². The van der Waals surface area contributed by atoms with Crippen molar-refractivity contribution in [2.45, 2.75) is 0 Å². The van der Waals surface area contributed by atoms with Gasteiger partial charge in [-0.1, -0.05) is 0 Å². The van der Waals surface area contributed by atoms with Crippen molar-refractivity contribution in [3.8, 4) is 0 Å². The fourth-order valence-corrected chi connectivity index (χ4v) is 6.04. The van der Waals surface area contributed by atoms with Crippen LogP contribution in [0.4, 0.5) is 43.9 Å². The molecule has 0 spiro atoms. The van der Waals surface area contributed by atoms with Gasteiger partial charge in [0.05, 0.1) is 0 Å². The molecule has 0 N–H and O–H groups in total. The van der Waals surface area contributed by atoms with Crippen molar-refractivity contribution in [3.05, 3.63) is 58.2 Å². The van der Waals surface area contributed by atoms with Gasteiger partial charge in [-0.3, -0.25) is 0 Å². The summed E-state index contributed by atoms with van der Waals surface area (Å²) in [6.07, 6.45) is 0. The minimum atomic E-state index is -7.76. The van der Waals surface area contributed by atoms with E-state index in [0.717, 1.165) is 0 Å². The zero-order chi connectivity index (χ0) is 19.4. The number of benzene rings is 2. The molecule has 0 saturated carbocycles. The SMILES string of the molecule is O=[Te](=O)(c1c(F)c(F)c(F)c(F)c1F)c1c(F)c(F)c(F)c(F)c1F. The topological polar surface area (TPSA) is 34.1 Å². The Hall–Kier alpha value is -1.87. The van der Waals surface area contributed by atoms with Crippen LogP contribution in [0.2, 0.25) is 0 Å². The van der Waals surface area contributed by atoms with E-state index in [-0.39, 0.29) is 0 Å². The Morgan fingerprint density at radius 3 is 0.720 bits per heavy atom. The van der Waals surface area contributed by atoms with Gasteiger partial charge in [0.2, 0.25) is 0 Å². The summed E-state index contributed by atoms with van der Waals surface area (Å²) >= 11 is -7.76. The Kier molecular flexibility index (Phi) is 4.77. The van der Waals surface area contributed by atoms with Gasteiger partial charge in [-0.2, -0.15) is 0 Å². The summed E-state index contributed by atoms with van der Waals surface area (Å²) in [6.45, 7) is 0. The zero-order valence-corrected chi connectivity index (χ0v) is 13.3. The maximum absolute atomic E-state index is 13.5. The van der Waals surface area contributed by atoms with Crippen LogP contribution in [0, 0.1) is 58.2 Å². The zero-order valence-electron chi connectivity index (χ0n) is 11.0. The molecule has 0 heterocycles. The maximum atomic E-state index is 13.5. The first-order chi connectivity index (χ1) is 11.4. The van der Waals surface area contributed by atoms with Crippen LogP contribution in [-0.4, -0.2) is 18.1 Å². The predicted octanol–water partition coefficient (Wildman–Crippen LogP) is 2.49. The van der Waals surface area contributed by atoms with Crippen molar-refractivity contribution < 1.29 is 50.1 Å². The molecule has 0 aliphatic carbocycles. The summed E-state index contributed by atoms with van der Waals surface area (Å²) in [7, 11) is 0. The molecule has 2 aromatic carbocycles. The Labute approximate surface area is 134 Å². The number of halogens is 10. The molecule has 0 saturated heterocycles. The molecule has 2 rings (SSSR count). The van der Waals surface area contributed by atoms with E-state index >= 15 is 0 Å². The summed E-state index contributed by atoms with van der Waals surface area (Å²) in [5.41, 5.74) is 0. The number of rotatable bonds is 2. The van der Waals surface area contributed by atoms with E-state index in [0.29, 0.717) is 0 Å². The molecule has 0 aliphatic rings. The Bertz CT molecular complexity index is 882. The van der Waals surface area contributed by atoms with Gasteiger partial charge in [-0.05, 0) is 0 Å². The second kappa shape index (κ2) is 6.14. The molecule has 25 heavy (non-hydrogen) atoms. The summed E-state index contributed by atoms with van der Waals surface area (Å²) in [5, 5.41) is 0. The van der Waals surface area contributed by atoms with Crippen molar-refractivity contribution in [3.63, 3.8) is 0 Å². The predicted molar refractivity (Wildman–Crippen MR) is 58.9 cm³/mol. The third-order valence-electron chi connectivity index (χ3n) is 2.88. The third kappa shape index (κ3) is 2.65. The summed E-state index contributed by atoms with van der Waals surface area (Å²) < 4.78 is 151. The quantitative estimate of drug-likeness (QED) is 0.279. The minimum absolute atomic E-state index is 2.66. The second-order valence-electron chi connectivity index (χ2n) is 4.30. The molecule has 13 heteroatoms. The van der Waals surface area contributed by atoms with Crippen LogP contribution in [0.3, 0.4) is 0 Å². The van der Waals surface area contributed by atoms with Crippen LogP contribution in [-0.2, 0) is 6.21 Å². The molecule has 0 aromatic heterocycles. The van der Waals surface area contributed by atoms with Crippen LogP contribution >= 0.6 is 0 Å². The van der Waals surface area contributed by atoms with Gasteiger partial charge >= 0.3 is 134 Å². The van der Waals surface area contributed by atoms with Gasteiger partial charge in [0, 0.05) is 0 Å². The normalized spacial score (nSPS) is 11.9. The van der Waals surface area contributed by atoms with E-state index in [1.807, 2.05) is 0 Å². The number of hydrogen-bond acceptors (Lipinski definition) is 2. The van der Waals surface area contributed by atoms with Gasteiger partial charge in [0.1, 0.15) is 0 Å². The molecule has 0 fully saturated rings. The molecule has 0 unspecified atom stereocenters. The molecule has 0 radical (unpaired) electrons. The molecule has 0 amide bonds. The Morgan fingerprint density at radius 1 is 0.360 bits per heavy atom. The molecule has 2 nitrogen and oxygen atoms in total. The van der Waals surface area contributed by atoms with Gasteiger partial charge in [0.15, 0.2) is 0 Å². The van der Waals surface area contributed by atoms with E-state index in [2.05, 4.69) is 0 Å². The van der Waals surface area contributed by atoms with Crippen molar-refractivity contribution in [2.24, 2.45) is 0 Å². The summed E-state index contributed by atoms with van der Waals surface area (Å²) in [4.78, 5) is 0. The standard InChI is InChI=1S/C12F10O2Te/c13-1-3(15)7(19)11(8(20)4(1)16)25(23,24)12-9(21)5(17)2(14)6(18)10(12)22. The van der Waals surface area contributed by atoms with Crippen molar-refractivity contribution in [2.75, 3.05) is 0 Å². The first-order valence-electron chi connectivity index (χ1n) is 5.63. The van der Waals surface area contributed by atoms with Crippen molar-refractivity contribution in [1.82, 2.24) is 0 Å². The first-order valence-corrected chi connectivity index (χ1v) is 9.86. The van der Waals surface area contributed by atoms with Gasteiger partial charge < -0.3 is 0 Å². The fraction of sp³-hybridized carbons (Fsp3) is 0. The van der Waals surface area contributed by atoms with Crippen LogP contribution in [0.1, 0.15) is 0 Å². The summed E-state index contributed by atoms with van der Waals surface area (Å²) in [5.74, 6) is -28.7. The monoisotopic (exact) mass is 496 g/mol. The van der Waals surface area contributed by atoms with E-state index in [1.165, 1.54) is 0 Å². The van der Waals surface area contributed by atoms with E-state index < -0.39 is 83.5 Å². The summed E-state index contributed by atoms with van der Waals surface area (Å²) in [6, 6.07) is 0. The molecule has 0 aliphatic heterocycles. The Balaban J connectivity index is 3.02. The van der Waals surface area contributed by atoms with Gasteiger partial charge in [0.25, 0.3) is 0 Å². The fourth-order valence-electron chi connectivity index (χ4n) is 1.74. The molecular formula is C12F10O2Te. The third-order valence-corrected chi connectivity index (χ3v) is 7.99. The molecule has 2 aromatic rings. The molecule has 0 bridgehead atoms. The Morgan fingerprint density at radius 2 is 0.520 bits per heavy atom. The van der Waals surface area contributed by atoms with Gasteiger partial charge in [-0.25, -0.2) is 0 Å². The molecule has 0 atom stereocenters. The molecular weight excluding hydrogens is 494 g/mol. The number of hydrogen-bond donors (Lipinski definition) is 0. The van der Waals surface area contributed by atoms with E-state index in [4.69, 9.17) is 0 Å². The average Bonchev–Trinajstić information content (AvgIpc) is 2.54. The van der Waals surface area contributed by atoms with Crippen molar-refractivity contribution in [1.29, 1.82) is 0 Å². The van der Waals surface area contributed by atoms with Crippen LogP contribution in [0.5, 0.6) is 0 Å². The first kappa shape index (κ1) is 19.5. The average molecular weight is 494 g/mol. The van der Waals surface area contributed by atoms with E-state index in [1.54, 1.807) is 0 Å². The molecule has 136 valence electrons. The van der Waals surface area contributed by atoms with Crippen molar-refractivity contribution >= 4 is 25.4 Å². The van der Waals surface area contributed by atoms with Crippen LogP contribution in [0.25, 0.3) is 0 Å². The van der Waals surface area contributed by atoms with Crippen LogP contribution < -0.4 is 7.22 Å².